The van der Waals surface area contributed by atoms with Crippen LogP contribution < -0.4 is 10.6 Å². The molecule has 1 aromatic carbocycles. The summed E-state index contributed by atoms with van der Waals surface area (Å²) in [6.07, 6.45) is 11.6. The van der Waals surface area contributed by atoms with Gasteiger partial charge in [0.2, 0.25) is 5.95 Å². The van der Waals surface area contributed by atoms with Gasteiger partial charge in [-0.3, -0.25) is 0 Å². The molecule has 0 bridgehead atoms. The van der Waals surface area contributed by atoms with E-state index in [1.165, 1.54) is 0 Å². The first-order valence-electron chi connectivity index (χ1n) is 8.22. The summed E-state index contributed by atoms with van der Waals surface area (Å²) >= 11 is 0. The van der Waals surface area contributed by atoms with Gasteiger partial charge in [-0.1, -0.05) is 24.1 Å². The molecular weight excluding hydrogens is 298 g/mol. The van der Waals surface area contributed by atoms with Crippen molar-refractivity contribution in [2.75, 3.05) is 18.4 Å². The number of rotatable bonds is 3. The van der Waals surface area contributed by atoms with E-state index in [0.29, 0.717) is 17.6 Å². The van der Waals surface area contributed by atoms with Crippen molar-refractivity contribution >= 4 is 16.9 Å². The molecule has 1 aliphatic rings. The van der Waals surface area contributed by atoms with Gasteiger partial charge >= 0.3 is 0 Å². The van der Waals surface area contributed by atoms with Gasteiger partial charge in [-0.25, -0.2) is 9.97 Å². The minimum atomic E-state index is 0.353. The van der Waals surface area contributed by atoms with Gasteiger partial charge in [0.05, 0.1) is 11.3 Å². The third kappa shape index (κ3) is 2.72. The van der Waals surface area contributed by atoms with Crippen LogP contribution in [0.5, 0.6) is 0 Å². The van der Waals surface area contributed by atoms with Crippen molar-refractivity contribution in [3.8, 4) is 23.6 Å². The molecular formula is C19H19N5. The molecule has 2 aromatic heterocycles. The van der Waals surface area contributed by atoms with Crippen LogP contribution in [0.15, 0.2) is 36.7 Å². The molecule has 3 aromatic rings. The Hall–Kier alpha value is -2.84. The highest BCUT2D eigenvalue weighted by Crippen LogP contribution is 2.29. The molecule has 0 radical (unpaired) electrons. The zero-order chi connectivity index (χ0) is 16.4. The Balaban J connectivity index is 1.73. The summed E-state index contributed by atoms with van der Waals surface area (Å²) < 4.78 is 0. The first kappa shape index (κ1) is 14.7. The Morgan fingerprint density at radius 1 is 1.29 bits per heavy atom. The average Bonchev–Trinajstić information content (AvgIpc) is 3.06. The van der Waals surface area contributed by atoms with E-state index in [1.54, 1.807) is 6.20 Å². The number of fused-ring (bicyclic) bond motifs is 1. The maximum absolute atomic E-state index is 5.66. The minimum absolute atomic E-state index is 0.353. The normalized spacial score (nSPS) is 17.5. The van der Waals surface area contributed by atoms with Crippen molar-refractivity contribution in [3.63, 3.8) is 0 Å². The summed E-state index contributed by atoms with van der Waals surface area (Å²) in [5, 5.41) is 7.92. The topological polar surface area (TPSA) is 65.6 Å². The zero-order valence-electron chi connectivity index (χ0n) is 13.3. The fraction of sp³-hybridized carbons (Fsp3) is 0.263. The molecule has 1 atom stereocenters. The van der Waals surface area contributed by atoms with Gasteiger partial charge in [0.1, 0.15) is 0 Å². The number of hydrogen-bond donors (Lipinski definition) is 3. The first-order valence-corrected chi connectivity index (χ1v) is 8.22. The molecule has 5 nitrogen and oxygen atoms in total. The lowest BCUT2D eigenvalue weighted by molar-refractivity contribution is 0.478. The van der Waals surface area contributed by atoms with Crippen LogP contribution in [-0.4, -0.2) is 34.1 Å². The summed E-state index contributed by atoms with van der Waals surface area (Å²) in [6, 6.07) is 8.49. The van der Waals surface area contributed by atoms with Crippen molar-refractivity contribution in [3.05, 3.63) is 42.2 Å². The number of piperidine rings is 1. The van der Waals surface area contributed by atoms with Gasteiger partial charge in [0, 0.05) is 41.4 Å². The SMILES string of the molecule is C#Cc1cnc(N[C@H]2CCCNC2)nc1-c1c[nH]c2ccccc12. The largest absolute Gasteiger partial charge is 0.360 e. The number of nitrogens with one attached hydrogen (secondary N) is 3. The Morgan fingerprint density at radius 3 is 3.04 bits per heavy atom. The number of nitrogens with zero attached hydrogens (tertiary/aromatic N) is 2. The maximum atomic E-state index is 5.66. The number of benzene rings is 1. The van der Waals surface area contributed by atoms with Crippen LogP contribution in [0, 0.1) is 12.3 Å². The van der Waals surface area contributed by atoms with Crippen LogP contribution >= 0.6 is 0 Å². The molecule has 0 aliphatic carbocycles. The molecule has 1 fully saturated rings. The van der Waals surface area contributed by atoms with E-state index >= 15 is 0 Å². The van der Waals surface area contributed by atoms with Crippen LogP contribution in [0.2, 0.25) is 0 Å². The maximum Gasteiger partial charge on any atom is 0.223 e. The average molecular weight is 317 g/mol. The van der Waals surface area contributed by atoms with Crippen LogP contribution in [-0.2, 0) is 0 Å². The van der Waals surface area contributed by atoms with Gasteiger partial charge in [-0.15, -0.1) is 6.42 Å². The molecule has 0 unspecified atom stereocenters. The zero-order valence-corrected chi connectivity index (χ0v) is 13.3. The Kier molecular flexibility index (Phi) is 3.89. The van der Waals surface area contributed by atoms with Crippen molar-refractivity contribution in [2.45, 2.75) is 18.9 Å². The van der Waals surface area contributed by atoms with Crippen molar-refractivity contribution in [2.24, 2.45) is 0 Å². The Bertz CT molecular complexity index is 900. The summed E-state index contributed by atoms with van der Waals surface area (Å²) in [5.74, 6) is 3.33. The van der Waals surface area contributed by atoms with Crippen LogP contribution in [0.4, 0.5) is 5.95 Å². The molecule has 0 amide bonds. The van der Waals surface area contributed by atoms with E-state index in [1.807, 2.05) is 24.4 Å². The molecule has 0 spiro atoms. The highest BCUT2D eigenvalue weighted by Gasteiger charge is 2.16. The minimum Gasteiger partial charge on any atom is -0.360 e. The van der Waals surface area contributed by atoms with Crippen molar-refractivity contribution in [1.82, 2.24) is 20.3 Å². The number of H-pyrrole nitrogens is 1. The third-order valence-corrected chi connectivity index (χ3v) is 4.42. The molecule has 3 N–H and O–H groups in total. The van der Waals surface area contributed by atoms with Crippen LogP contribution in [0.25, 0.3) is 22.2 Å². The number of hydrogen-bond acceptors (Lipinski definition) is 4. The summed E-state index contributed by atoms with van der Waals surface area (Å²) in [7, 11) is 0. The summed E-state index contributed by atoms with van der Waals surface area (Å²) in [5.41, 5.74) is 3.56. The van der Waals surface area contributed by atoms with E-state index in [9.17, 15) is 0 Å². The lowest BCUT2D eigenvalue weighted by Crippen LogP contribution is -2.38. The quantitative estimate of drug-likeness (QED) is 0.650. The van der Waals surface area contributed by atoms with E-state index < -0.39 is 0 Å². The predicted molar refractivity (Wildman–Crippen MR) is 96.8 cm³/mol. The van der Waals surface area contributed by atoms with Gasteiger partial charge < -0.3 is 15.6 Å². The third-order valence-electron chi connectivity index (χ3n) is 4.42. The van der Waals surface area contributed by atoms with Gasteiger partial charge in [0.25, 0.3) is 0 Å². The lowest BCUT2D eigenvalue weighted by atomic mass is 10.1. The summed E-state index contributed by atoms with van der Waals surface area (Å²) in [4.78, 5) is 12.4. The van der Waals surface area contributed by atoms with E-state index in [0.717, 1.165) is 48.1 Å². The Labute approximate surface area is 140 Å². The van der Waals surface area contributed by atoms with Gasteiger partial charge in [0.15, 0.2) is 0 Å². The number of para-hydroxylation sites is 1. The van der Waals surface area contributed by atoms with Crippen LogP contribution in [0.1, 0.15) is 18.4 Å². The fourth-order valence-corrected chi connectivity index (χ4v) is 3.19. The molecule has 4 rings (SSSR count). The second kappa shape index (κ2) is 6.34. The highest BCUT2D eigenvalue weighted by molar-refractivity contribution is 5.95. The van der Waals surface area contributed by atoms with E-state index in [2.05, 4.69) is 32.6 Å². The monoisotopic (exact) mass is 317 g/mol. The van der Waals surface area contributed by atoms with E-state index in [4.69, 9.17) is 11.4 Å². The highest BCUT2D eigenvalue weighted by atomic mass is 15.1. The second-order valence-corrected chi connectivity index (χ2v) is 6.04. The number of aromatic amines is 1. The smallest absolute Gasteiger partial charge is 0.223 e. The predicted octanol–water partition coefficient (Wildman–Crippen LogP) is 2.77. The molecule has 1 aliphatic heterocycles. The number of aromatic nitrogens is 3. The summed E-state index contributed by atoms with van der Waals surface area (Å²) in [6.45, 7) is 2.01. The fourth-order valence-electron chi connectivity index (χ4n) is 3.19. The van der Waals surface area contributed by atoms with Crippen LogP contribution in [0.3, 0.4) is 0 Å². The second-order valence-electron chi connectivity index (χ2n) is 6.04. The number of terminal acetylenes is 1. The number of anilines is 1. The molecule has 5 heteroatoms. The molecule has 3 heterocycles. The van der Waals surface area contributed by atoms with Gasteiger partial charge in [-0.05, 0) is 25.5 Å². The molecule has 120 valence electrons. The first-order chi connectivity index (χ1) is 11.8. The standard InChI is InChI=1S/C19H19N5/c1-2-13-10-22-19(23-14-6-5-9-20-11-14)24-18(13)16-12-21-17-8-4-3-7-15(16)17/h1,3-4,7-8,10,12,14,20-21H,5-6,9,11H2,(H,22,23,24)/t14-/m0/s1. The molecule has 24 heavy (non-hydrogen) atoms. The molecule has 0 saturated carbocycles. The van der Waals surface area contributed by atoms with Crippen molar-refractivity contribution in [1.29, 1.82) is 0 Å². The lowest BCUT2D eigenvalue weighted by Gasteiger charge is -2.23. The van der Waals surface area contributed by atoms with Gasteiger partial charge in [-0.2, -0.15) is 0 Å². The molecule has 1 saturated heterocycles. The van der Waals surface area contributed by atoms with E-state index in [-0.39, 0.29) is 0 Å². The Morgan fingerprint density at radius 2 is 2.21 bits per heavy atom. The van der Waals surface area contributed by atoms with Crippen molar-refractivity contribution < 1.29 is 0 Å².